The number of thiol groups is 5. The molecule has 0 N–H and O–H groups in total. The van der Waals surface area contributed by atoms with Crippen molar-refractivity contribution in [1.82, 2.24) is 0 Å². The third kappa shape index (κ3) is 18.1. The highest BCUT2D eigenvalue weighted by Gasteiger charge is 2.12. The van der Waals surface area contributed by atoms with Crippen LogP contribution < -0.4 is 28.4 Å². The molecule has 0 heterocycles. The van der Waals surface area contributed by atoms with Gasteiger partial charge in [-0.25, -0.2) is 0 Å². The van der Waals surface area contributed by atoms with Gasteiger partial charge in [0.25, 0.3) is 0 Å². The van der Waals surface area contributed by atoms with Crippen LogP contribution in [0.15, 0.2) is 134 Å². The number of rotatable bonds is 6. The van der Waals surface area contributed by atoms with Crippen LogP contribution in [0.2, 0.25) is 0 Å². The number of methoxy groups -OCH3 is 6. The lowest BCUT2D eigenvalue weighted by atomic mass is 9.87. The van der Waals surface area contributed by atoms with Crippen LogP contribution in [-0.4, -0.2) is 42.7 Å². The minimum atomic E-state index is 0.251. The normalized spacial score (nSPS) is 9.76. The molecular formula is C40H50O6S5. The fraction of sp³-hybridized carbons (Fsp3) is 0.250. The quantitative estimate of drug-likeness (QED) is 0.111. The van der Waals surface area contributed by atoms with E-state index in [4.69, 9.17) is 28.4 Å². The fourth-order valence-electron chi connectivity index (χ4n) is 3.80. The summed E-state index contributed by atoms with van der Waals surface area (Å²) in [5.74, 6) is 4.67. The highest BCUT2D eigenvalue weighted by atomic mass is 32.1. The first-order valence-corrected chi connectivity index (χ1v) is 17.7. The van der Waals surface area contributed by atoms with E-state index in [2.05, 4.69) is 96.0 Å². The van der Waals surface area contributed by atoms with Gasteiger partial charge in [-0.3, -0.25) is 0 Å². The zero-order valence-corrected chi connectivity index (χ0v) is 35.0. The number of hydrogen-bond donors (Lipinski definition) is 5. The number of benzene rings is 5. The molecule has 0 aliphatic heterocycles. The van der Waals surface area contributed by atoms with Crippen LogP contribution in [0.1, 0.15) is 26.3 Å². The maximum atomic E-state index is 5.04. The average molecular weight is 787 g/mol. The molecule has 0 amide bonds. The second-order valence-corrected chi connectivity index (χ2v) is 13.8. The van der Waals surface area contributed by atoms with Gasteiger partial charge in [-0.15, -0.1) is 63.1 Å². The summed E-state index contributed by atoms with van der Waals surface area (Å²) >= 11 is 20.9. The Bertz CT molecular complexity index is 1690. The van der Waals surface area contributed by atoms with Gasteiger partial charge >= 0.3 is 0 Å². The maximum Gasteiger partial charge on any atom is 0.161 e. The van der Waals surface area contributed by atoms with Crippen molar-refractivity contribution in [3.05, 3.63) is 115 Å². The number of hydrogen-bond acceptors (Lipinski definition) is 11. The lowest BCUT2D eigenvalue weighted by Crippen LogP contribution is -2.10. The van der Waals surface area contributed by atoms with Gasteiger partial charge in [0.2, 0.25) is 0 Å². The van der Waals surface area contributed by atoms with Crippen LogP contribution in [0.5, 0.6) is 34.5 Å². The molecule has 5 aromatic carbocycles. The van der Waals surface area contributed by atoms with Crippen LogP contribution in [0.4, 0.5) is 0 Å². The molecule has 51 heavy (non-hydrogen) atoms. The second-order valence-electron chi connectivity index (χ2n) is 11.2. The van der Waals surface area contributed by atoms with Crippen molar-refractivity contribution in [2.75, 3.05) is 42.7 Å². The lowest BCUT2D eigenvalue weighted by molar-refractivity contribution is 0.354. The van der Waals surface area contributed by atoms with Crippen molar-refractivity contribution in [2.24, 2.45) is 0 Å². The van der Waals surface area contributed by atoms with Crippen LogP contribution in [0.25, 0.3) is 0 Å². The molecule has 6 nitrogen and oxygen atoms in total. The number of ether oxygens (including phenoxy) is 6. The van der Waals surface area contributed by atoms with Crippen LogP contribution in [0.3, 0.4) is 0 Å². The summed E-state index contributed by atoms with van der Waals surface area (Å²) in [5, 5.41) is 0. The van der Waals surface area contributed by atoms with Gasteiger partial charge in [-0.1, -0.05) is 45.0 Å². The van der Waals surface area contributed by atoms with Gasteiger partial charge in [0.1, 0.15) is 23.0 Å². The summed E-state index contributed by atoms with van der Waals surface area (Å²) in [5.41, 5.74) is 1.61. The Hall–Kier alpha value is -3.35. The zero-order chi connectivity index (χ0) is 38.4. The molecule has 0 saturated heterocycles. The van der Waals surface area contributed by atoms with E-state index >= 15 is 0 Å². The Kier molecular flexibility index (Phi) is 22.2. The Morgan fingerprint density at radius 1 is 0.373 bits per heavy atom. The SMILES string of the molecule is CC(C)(C)c1ccc(S)cc1.COc1ccc(OC)c(S)c1.COc1ccc(S)cc1.COc1ccc(S)cc1OC.COc1ccccc1S. The van der Waals surface area contributed by atoms with Crippen molar-refractivity contribution >= 4 is 63.1 Å². The van der Waals surface area contributed by atoms with Crippen LogP contribution >= 0.6 is 63.1 Å². The molecule has 0 atom stereocenters. The predicted octanol–water partition coefficient (Wildman–Crippen LogP) is 11.2. The summed E-state index contributed by atoms with van der Waals surface area (Å²) < 4.78 is 30.0. The summed E-state index contributed by atoms with van der Waals surface area (Å²) in [6.45, 7) is 6.63. The molecule has 0 spiro atoms. The van der Waals surface area contributed by atoms with Crippen molar-refractivity contribution < 1.29 is 28.4 Å². The number of para-hydroxylation sites is 1. The molecule has 0 saturated carbocycles. The minimum absolute atomic E-state index is 0.251. The Balaban J connectivity index is 0.000000320. The van der Waals surface area contributed by atoms with E-state index in [9.17, 15) is 0 Å². The van der Waals surface area contributed by atoms with E-state index in [0.29, 0.717) is 5.75 Å². The Morgan fingerprint density at radius 2 is 0.804 bits per heavy atom. The third-order valence-electron chi connectivity index (χ3n) is 6.64. The summed E-state index contributed by atoms with van der Waals surface area (Å²) in [6, 6.07) is 34.4. The molecule has 5 rings (SSSR count). The van der Waals surface area contributed by atoms with Gasteiger partial charge in [0.15, 0.2) is 11.5 Å². The van der Waals surface area contributed by atoms with Gasteiger partial charge in [0, 0.05) is 24.5 Å². The monoisotopic (exact) mass is 786 g/mol. The highest BCUT2D eigenvalue weighted by Crippen LogP contribution is 2.29. The molecule has 0 unspecified atom stereocenters. The van der Waals surface area contributed by atoms with E-state index in [1.165, 1.54) is 5.56 Å². The predicted molar refractivity (Wildman–Crippen MR) is 226 cm³/mol. The highest BCUT2D eigenvalue weighted by molar-refractivity contribution is 7.81. The standard InChI is InChI=1S/C10H14S.2C8H10O2S.2C7H8OS/c1-10(2,3)8-4-6-9(11)7-5-8;1-9-7-4-3-6(11)5-8(7)10-2;1-9-6-3-4-7(10-2)8(11)5-6;1-8-6-2-4-7(9)5-3-6;1-8-6-4-2-3-5-7(6)9/h4-7,11H,1-3H3;2*3-5,11H,1-2H3;2*2-5,9H,1H3. The molecule has 276 valence electrons. The first-order valence-electron chi connectivity index (χ1n) is 15.5. The van der Waals surface area contributed by atoms with E-state index in [1.807, 2.05) is 97.1 Å². The molecule has 0 bridgehead atoms. The minimum Gasteiger partial charge on any atom is -0.497 e. The van der Waals surface area contributed by atoms with Gasteiger partial charge in [-0.05, 0) is 95.9 Å². The first kappa shape index (κ1) is 45.7. The average Bonchev–Trinajstić information content (AvgIpc) is 3.13. The summed E-state index contributed by atoms with van der Waals surface area (Å²) in [6.07, 6.45) is 0. The van der Waals surface area contributed by atoms with Crippen molar-refractivity contribution in [3.63, 3.8) is 0 Å². The smallest absolute Gasteiger partial charge is 0.161 e. The molecule has 0 aliphatic rings. The molecule has 0 aromatic heterocycles. The topological polar surface area (TPSA) is 55.4 Å². The Morgan fingerprint density at radius 3 is 1.24 bits per heavy atom. The van der Waals surface area contributed by atoms with E-state index in [-0.39, 0.29) is 5.41 Å². The molecule has 0 aliphatic carbocycles. The summed E-state index contributed by atoms with van der Waals surface area (Å²) in [4.78, 5) is 4.50. The van der Waals surface area contributed by atoms with Gasteiger partial charge < -0.3 is 28.4 Å². The summed E-state index contributed by atoms with van der Waals surface area (Å²) in [7, 11) is 9.72. The molecule has 0 radical (unpaired) electrons. The van der Waals surface area contributed by atoms with Crippen LogP contribution in [-0.2, 0) is 5.41 Å². The van der Waals surface area contributed by atoms with Gasteiger partial charge in [-0.2, -0.15) is 0 Å². The van der Waals surface area contributed by atoms with Crippen molar-refractivity contribution in [3.8, 4) is 34.5 Å². The van der Waals surface area contributed by atoms with E-state index < -0.39 is 0 Å². The largest absolute Gasteiger partial charge is 0.497 e. The molecule has 11 heteroatoms. The molecule has 0 fully saturated rings. The Labute approximate surface area is 332 Å². The van der Waals surface area contributed by atoms with Crippen molar-refractivity contribution in [1.29, 1.82) is 0 Å². The first-order chi connectivity index (χ1) is 24.2. The van der Waals surface area contributed by atoms with E-state index in [0.717, 1.165) is 53.2 Å². The fourth-order valence-corrected chi connectivity index (χ4v) is 4.83. The molecule has 5 aromatic rings. The third-order valence-corrected chi connectivity index (χ3v) is 8.24. The zero-order valence-electron chi connectivity index (χ0n) is 30.6. The molecular weight excluding hydrogens is 737 g/mol. The van der Waals surface area contributed by atoms with Gasteiger partial charge in [0.05, 0.1) is 42.7 Å². The van der Waals surface area contributed by atoms with E-state index in [1.54, 1.807) is 42.7 Å². The van der Waals surface area contributed by atoms with Crippen LogP contribution in [0, 0.1) is 0 Å². The van der Waals surface area contributed by atoms with Crippen molar-refractivity contribution in [2.45, 2.75) is 50.7 Å². The maximum absolute atomic E-state index is 5.04. The lowest BCUT2D eigenvalue weighted by Gasteiger charge is -2.18. The second kappa shape index (κ2) is 24.8.